The molecule has 0 heterocycles. The second-order valence-electron chi connectivity index (χ2n) is 4.60. The van der Waals surface area contributed by atoms with Crippen molar-refractivity contribution in [1.82, 2.24) is 0 Å². The van der Waals surface area contributed by atoms with Gasteiger partial charge >= 0.3 is 0 Å². The average molecular weight is 238 g/mol. The van der Waals surface area contributed by atoms with Gasteiger partial charge in [0.1, 0.15) is 0 Å². The zero-order chi connectivity index (χ0) is 13.1. The summed E-state index contributed by atoms with van der Waals surface area (Å²) in [5.41, 5.74) is 0.158. The fourth-order valence-electron chi connectivity index (χ4n) is 1.64. The summed E-state index contributed by atoms with van der Waals surface area (Å²) in [5, 5.41) is 20.3. The molecule has 0 saturated heterocycles. The Morgan fingerprint density at radius 2 is 1.88 bits per heavy atom. The lowest BCUT2D eigenvalue weighted by atomic mass is 10.1. The van der Waals surface area contributed by atoms with Crippen molar-refractivity contribution < 1.29 is 10.0 Å². The zero-order valence-corrected chi connectivity index (χ0v) is 10.4. The Kier molecular flexibility index (Phi) is 4.07. The quantitative estimate of drug-likeness (QED) is 0.630. The van der Waals surface area contributed by atoms with Gasteiger partial charge in [-0.15, -0.1) is 0 Å². The van der Waals surface area contributed by atoms with Gasteiger partial charge in [0.2, 0.25) is 0 Å². The van der Waals surface area contributed by atoms with Gasteiger partial charge in [-0.25, -0.2) is 0 Å². The van der Waals surface area contributed by atoms with Gasteiger partial charge in [0.15, 0.2) is 0 Å². The van der Waals surface area contributed by atoms with Gasteiger partial charge in [0.05, 0.1) is 10.5 Å². The van der Waals surface area contributed by atoms with Gasteiger partial charge in [0, 0.05) is 30.9 Å². The fraction of sp³-hybridized carbons (Fsp3) is 0.500. The summed E-state index contributed by atoms with van der Waals surface area (Å²) in [6.45, 7) is 6.68. The molecule has 0 aliphatic heterocycles. The summed E-state index contributed by atoms with van der Waals surface area (Å²) < 4.78 is 0. The largest absolute Gasteiger partial charge is 0.389 e. The molecular weight excluding hydrogens is 220 g/mol. The molecule has 0 saturated carbocycles. The second kappa shape index (κ2) is 5.14. The van der Waals surface area contributed by atoms with E-state index in [2.05, 4.69) is 0 Å². The average Bonchev–Trinajstić information content (AvgIpc) is 2.25. The fourth-order valence-corrected chi connectivity index (χ4v) is 1.64. The van der Waals surface area contributed by atoms with Crippen molar-refractivity contribution >= 4 is 11.4 Å². The highest BCUT2D eigenvalue weighted by Gasteiger charge is 2.18. The van der Waals surface area contributed by atoms with E-state index >= 15 is 0 Å². The number of anilines is 1. The smallest absolute Gasteiger partial charge is 0.269 e. The van der Waals surface area contributed by atoms with Crippen molar-refractivity contribution in [2.24, 2.45) is 0 Å². The molecule has 0 unspecified atom stereocenters. The molecule has 1 aromatic rings. The Morgan fingerprint density at radius 1 is 1.35 bits per heavy atom. The van der Waals surface area contributed by atoms with Crippen LogP contribution in [0.5, 0.6) is 0 Å². The van der Waals surface area contributed by atoms with Gasteiger partial charge in [-0.3, -0.25) is 10.1 Å². The van der Waals surface area contributed by atoms with Crippen LogP contribution in [0.25, 0.3) is 0 Å². The maximum absolute atomic E-state index is 10.5. The lowest BCUT2D eigenvalue weighted by Gasteiger charge is -2.29. The van der Waals surface area contributed by atoms with Crippen LogP contribution in [0.3, 0.4) is 0 Å². The normalized spacial score (nSPS) is 11.3. The molecule has 0 bridgehead atoms. The number of non-ortho nitro benzene ring substituents is 1. The first-order valence-corrected chi connectivity index (χ1v) is 5.55. The Morgan fingerprint density at radius 3 is 2.24 bits per heavy atom. The molecule has 5 heteroatoms. The molecule has 0 aliphatic rings. The predicted octanol–water partition coefficient (Wildman–Crippen LogP) is 2.19. The Balaban J connectivity index is 2.86. The summed E-state index contributed by atoms with van der Waals surface area (Å²) in [5.74, 6) is 0. The number of benzene rings is 1. The number of hydrogen-bond donors (Lipinski definition) is 1. The lowest BCUT2D eigenvalue weighted by Crippen LogP contribution is -2.38. The van der Waals surface area contributed by atoms with Crippen LogP contribution in [0.15, 0.2) is 24.3 Å². The van der Waals surface area contributed by atoms with Crippen molar-refractivity contribution in [3.8, 4) is 0 Å². The Hall–Kier alpha value is -1.62. The first-order valence-electron chi connectivity index (χ1n) is 5.55. The summed E-state index contributed by atoms with van der Waals surface area (Å²) in [6.07, 6.45) is 0. The van der Waals surface area contributed by atoms with E-state index < -0.39 is 10.5 Å². The first-order chi connectivity index (χ1) is 7.83. The molecular formula is C12H18N2O3. The third-order valence-corrected chi connectivity index (χ3v) is 2.39. The SMILES string of the molecule is CCN(CC(C)(C)O)c1ccc([N+](=O)[O-])cc1. The third-order valence-electron chi connectivity index (χ3n) is 2.39. The number of likely N-dealkylation sites (N-methyl/N-ethyl adjacent to an activating group) is 1. The molecule has 0 atom stereocenters. The maximum atomic E-state index is 10.5. The number of nitro groups is 1. The molecule has 0 spiro atoms. The van der Waals surface area contributed by atoms with Crippen molar-refractivity contribution in [3.05, 3.63) is 34.4 Å². The van der Waals surface area contributed by atoms with Gasteiger partial charge in [-0.2, -0.15) is 0 Å². The number of nitro benzene ring substituents is 1. The van der Waals surface area contributed by atoms with Gasteiger partial charge in [-0.05, 0) is 32.9 Å². The minimum atomic E-state index is -0.794. The molecule has 1 rings (SSSR count). The van der Waals surface area contributed by atoms with E-state index in [1.54, 1.807) is 26.0 Å². The van der Waals surface area contributed by atoms with E-state index in [0.29, 0.717) is 6.54 Å². The van der Waals surface area contributed by atoms with E-state index in [1.807, 2.05) is 11.8 Å². The van der Waals surface area contributed by atoms with Crippen LogP contribution in [0.1, 0.15) is 20.8 Å². The van der Waals surface area contributed by atoms with Crippen LogP contribution in [0, 0.1) is 10.1 Å². The minimum absolute atomic E-state index is 0.0769. The molecule has 94 valence electrons. The molecule has 0 aromatic heterocycles. The van der Waals surface area contributed by atoms with E-state index in [9.17, 15) is 15.2 Å². The number of aliphatic hydroxyl groups is 1. The van der Waals surface area contributed by atoms with Crippen molar-refractivity contribution in [2.75, 3.05) is 18.0 Å². The number of nitrogens with zero attached hydrogens (tertiary/aromatic N) is 2. The van der Waals surface area contributed by atoms with Crippen LogP contribution in [0.2, 0.25) is 0 Å². The molecule has 5 nitrogen and oxygen atoms in total. The topological polar surface area (TPSA) is 66.6 Å². The Bertz CT molecular complexity index is 382. The number of hydrogen-bond acceptors (Lipinski definition) is 4. The van der Waals surface area contributed by atoms with Crippen LogP contribution >= 0.6 is 0 Å². The first kappa shape index (κ1) is 13.4. The molecule has 0 radical (unpaired) electrons. The highest BCUT2D eigenvalue weighted by atomic mass is 16.6. The third kappa shape index (κ3) is 4.03. The minimum Gasteiger partial charge on any atom is -0.389 e. The molecule has 0 fully saturated rings. The van der Waals surface area contributed by atoms with Gasteiger partial charge in [0.25, 0.3) is 5.69 Å². The molecule has 0 aliphatic carbocycles. The number of rotatable bonds is 5. The summed E-state index contributed by atoms with van der Waals surface area (Å²) in [4.78, 5) is 12.1. The van der Waals surface area contributed by atoms with Crippen molar-refractivity contribution in [1.29, 1.82) is 0 Å². The second-order valence-corrected chi connectivity index (χ2v) is 4.60. The predicted molar refractivity (Wildman–Crippen MR) is 67.3 cm³/mol. The van der Waals surface area contributed by atoms with E-state index in [1.165, 1.54) is 12.1 Å². The summed E-state index contributed by atoms with van der Waals surface area (Å²) in [6, 6.07) is 6.35. The monoisotopic (exact) mass is 238 g/mol. The molecule has 0 amide bonds. The highest BCUT2D eigenvalue weighted by Crippen LogP contribution is 2.20. The van der Waals surface area contributed by atoms with E-state index in [4.69, 9.17) is 0 Å². The molecule has 17 heavy (non-hydrogen) atoms. The van der Waals surface area contributed by atoms with Crippen LogP contribution in [0.4, 0.5) is 11.4 Å². The zero-order valence-electron chi connectivity index (χ0n) is 10.4. The standard InChI is InChI=1S/C12H18N2O3/c1-4-13(9-12(2,3)15)10-5-7-11(8-6-10)14(16)17/h5-8,15H,4,9H2,1-3H3. The van der Waals surface area contributed by atoms with Crippen LogP contribution in [-0.4, -0.2) is 28.7 Å². The van der Waals surface area contributed by atoms with Crippen molar-refractivity contribution in [3.63, 3.8) is 0 Å². The van der Waals surface area contributed by atoms with Gasteiger partial charge < -0.3 is 10.0 Å². The van der Waals surface area contributed by atoms with Crippen LogP contribution < -0.4 is 4.90 Å². The van der Waals surface area contributed by atoms with E-state index in [-0.39, 0.29) is 5.69 Å². The maximum Gasteiger partial charge on any atom is 0.269 e. The van der Waals surface area contributed by atoms with Gasteiger partial charge in [-0.1, -0.05) is 0 Å². The van der Waals surface area contributed by atoms with Crippen LogP contribution in [-0.2, 0) is 0 Å². The van der Waals surface area contributed by atoms with Crippen molar-refractivity contribution in [2.45, 2.75) is 26.4 Å². The molecule has 1 N–H and O–H groups in total. The summed E-state index contributed by atoms with van der Waals surface area (Å²) >= 11 is 0. The lowest BCUT2D eigenvalue weighted by molar-refractivity contribution is -0.384. The highest BCUT2D eigenvalue weighted by molar-refractivity contribution is 5.51. The Labute approximate surface area is 101 Å². The summed E-state index contributed by atoms with van der Waals surface area (Å²) in [7, 11) is 0. The molecule has 1 aromatic carbocycles. The van der Waals surface area contributed by atoms with E-state index in [0.717, 1.165) is 12.2 Å².